The zero-order chi connectivity index (χ0) is 15.8. The molecule has 6 heteroatoms. The fourth-order valence-corrected chi connectivity index (χ4v) is 5.01. The number of nitrogens with zero attached hydrogens (tertiary/aromatic N) is 2. The SMILES string of the molecule is CCN1CCN(S(=O)(=O)c2c(C)cc(F)cc2C)CC1C. The normalized spacial score (nSPS) is 21.7. The zero-order valence-corrected chi connectivity index (χ0v) is 13.9. The van der Waals surface area contributed by atoms with Gasteiger partial charge in [-0.1, -0.05) is 6.92 Å². The first-order valence-corrected chi connectivity index (χ1v) is 8.72. The third kappa shape index (κ3) is 3.12. The minimum atomic E-state index is -3.56. The van der Waals surface area contributed by atoms with Crippen LogP contribution in [0.25, 0.3) is 0 Å². The molecule has 1 atom stereocenters. The van der Waals surface area contributed by atoms with E-state index in [0.29, 0.717) is 24.2 Å². The fraction of sp³-hybridized carbons (Fsp3) is 0.600. The number of hydrogen-bond donors (Lipinski definition) is 0. The molecule has 2 rings (SSSR count). The molecule has 1 aromatic rings. The van der Waals surface area contributed by atoms with Gasteiger partial charge in [-0.3, -0.25) is 4.90 Å². The predicted molar refractivity (Wildman–Crippen MR) is 81.3 cm³/mol. The summed E-state index contributed by atoms with van der Waals surface area (Å²) in [5, 5.41) is 0. The van der Waals surface area contributed by atoms with Crippen LogP contribution in [0.5, 0.6) is 0 Å². The van der Waals surface area contributed by atoms with Gasteiger partial charge >= 0.3 is 0 Å². The molecule has 1 fully saturated rings. The summed E-state index contributed by atoms with van der Waals surface area (Å²) in [5.74, 6) is -0.395. The van der Waals surface area contributed by atoms with Crippen LogP contribution >= 0.6 is 0 Å². The molecule has 4 nitrogen and oxygen atoms in total. The Morgan fingerprint density at radius 2 is 1.81 bits per heavy atom. The Morgan fingerprint density at radius 3 is 2.29 bits per heavy atom. The second-order valence-corrected chi connectivity index (χ2v) is 7.58. The van der Waals surface area contributed by atoms with E-state index in [1.165, 1.54) is 16.4 Å². The van der Waals surface area contributed by atoms with Gasteiger partial charge in [0.05, 0.1) is 4.90 Å². The lowest BCUT2D eigenvalue weighted by Crippen LogP contribution is -2.53. The number of benzene rings is 1. The van der Waals surface area contributed by atoms with Crippen molar-refractivity contribution in [3.63, 3.8) is 0 Å². The molecule has 118 valence electrons. The molecule has 1 saturated heterocycles. The second-order valence-electron chi connectivity index (χ2n) is 5.71. The molecule has 0 radical (unpaired) electrons. The van der Waals surface area contributed by atoms with E-state index in [4.69, 9.17) is 0 Å². The summed E-state index contributed by atoms with van der Waals surface area (Å²) in [5.41, 5.74) is 0.941. The minimum absolute atomic E-state index is 0.194. The standard InChI is InChI=1S/C15H23FN2O2S/c1-5-17-6-7-18(10-13(17)4)21(19,20)15-11(2)8-14(16)9-12(15)3/h8-9,13H,5-7,10H2,1-4H3. The Hall–Kier alpha value is -0.980. The lowest BCUT2D eigenvalue weighted by Gasteiger charge is -2.38. The number of sulfonamides is 1. The number of aryl methyl sites for hydroxylation is 2. The first-order chi connectivity index (χ1) is 9.77. The smallest absolute Gasteiger partial charge is 0.243 e. The van der Waals surface area contributed by atoms with E-state index in [1.807, 2.05) is 6.92 Å². The molecule has 0 amide bonds. The van der Waals surface area contributed by atoms with Crippen LogP contribution in [0.1, 0.15) is 25.0 Å². The van der Waals surface area contributed by atoms with E-state index in [1.54, 1.807) is 13.8 Å². The predicted octanol–water partition coefficient (Wildman–Crippen LogP) is 2.16. The Morgan fingerprint density at radius 1 is 1.24 bits per heavy atom. The van der Waals surface area contributed by atoms with Crippen molar-refractivity contribution in [2.75, 3.05) is 26.2 Å². The first kappa shape index (κ1) is 16.4. The Balaban J connectivity index is 2.36. The van der Waals surface area contributed by atoms with Crippen LogP contribution in [0.15, 0.2) is 17.0 Å². The fourth-order valence-electron chi connectivity index (χ4n) is 3.08. The molecule has 1 heterocycles. The Bertz CT molecular complexity index is 608. The Kier molecular flexibility index (Phi) is 4.70. The maximum absolute atomic E-state index is 13.4. The molecular weight excluding hydrogens is 291 g/mol. The van der Waals surface area contributed by atoms with E-state index in [9.17, 15) is 12.8 Å². The molecule has 0 saturated carbocycles. The van der Waals surface area contributed by atoms with Gasteiger partial charge in [0, 0.05) is 25.7 Å². The minimum Gasteiger partial charge on any atom is -0.298 e. The van der Waals surface area contributed by atoms with Gasteiger partial charge < -0.3 is 0 Å². The van der Waals surface area contributed by atoms with Gasteiger partial charge in [-0.05, 0) is 50.6 Å². The van der Waals surface area contributed by atoms with E-state index >= 15 is 0 Å². The molecule has 1 aliphatic rings. The molecule has 0 bridgehead atoms. The highest BCUT2D eigenvalue weighted by Crippen LogP contribution is 2.26. The lowest BCUT2D eigenvalue weighted by molar-refractivity contribution is 0.135. The molecule has 1 unspecified atom stereocenters. The van der Waals surface area contributed by atoms with Gasteiger partial charge in [-0.15, -0.1) is 0 Å². The van der Waals surface area contributed by atoms with Gasteiger partial charge in [0.15, 0.2) is 0 Å². The monoisotopic (exact) mass is 314 g/mol. The average Bonchev–Trinajstić information content (AvgIpc) is 2.36. The van der Waals surface area contributed by atoms with E-state index in [0.717, 1.165) is 13.1 Å². The number of hydrogen-bond acceptors (Lipinski definition) is 3. The summed E-state index contributed by atoms with van der Waals surface area (Å²) in [4.78, 5) is 2.51. The molecular formula is C15H23FN2O2S. The molecule has 21 heavy (non-hydrogen) atoms. The van der Waals surface area contributed by atoms with Gasteiger partial charge in [-0.2, -0.15) is 4.31 Å². The summed E-state index contributed by atoms with van der Waals surface area (Å²) in [6, 6.07) is 2.76. The summed E-state index contributed by atoms with van der Waals surface area (Å²) < 4.78 is 40.6. The number of rotatable bonds is 3. The summed E-state index contributed by atoms with van der Waals surface area (Å²) >= 11 is 0. The maximum Gasteiger partial charge on any atom is 0.243 e. The van der Waals surface area contributed by atoms with Crippen molar-refractivity contribution in [1.29, 1.82) is 0 Å². The zero-order valence-electron chi connectivity index (χ0n) is 13.1. The van der Waals surface area contributed by atoms with E-state index in [2.05, 4.69) is 11.8 Å². The van der Waals surface area contributed by atoms with Crippen LogP contribution in [-0.4, -0.2) is 49.8 Å². The van der Waals surface area contributed by atoms with Crippen LogP contribution in [0.3, 0.4) is 0 Å². The first-order valence-electron chi connectivity index (χ1n) is 7.28. The van der Waals surface area contributed by atoms with Crippen molar-refractivity contribution < 1.29 is 12.8 Å². The van der Waals surface area contributed by atoms with Crippen LogP contribution in [-0.2, 0) is 10.0 Å². The molecule has 0 aromatic heterocycles. The average molecular weight is 314 g/mol. The molecule has 1 aromatic carbocycles. The number of piperazine rings is 1. The largest absolute Gasteiger partial charge is 0.298 e. The Labute approximate surface area is 126 Å². The van der Waals surface area contributed by atoms with Crippen molar-refractivity contribution in [1.82, 2.24) is 9.21 Å². The summed E-state index contributed by atoms with van der Waals surface area (Å²) in [7, 11) is -3.56. The third-order valence-electron chi connectivity index (χ3n) is 4.16. The summed E-state index contributed by atoms with van der Waals surface area (Å²) in [6.45, 7) is 10.0. The van der Waals surface area contributed by atoms with Crippen molar-refractivity contribution in [3.8, 4) is 0 Å². The highest BCUT2D eigenvalue weighted by atomic mass is 32.2. The van der Waals surface area contributed by atoms with Gasteiger partial charge in [0.2, 0.25) is 10.0 Å². The van der Waals surface area contributed by atoms with Gasteiger partial charge in [0.1, 0.15) is 5.82 Å². The van der Waals surface area contributed by atoms with Gasteiger partial charge in [-0.25, -0.2) is 12.8 Å². The lowest BCUT2D eigenvalue weighted by atomic mass is 10.1. The van der Waals surface area contributed by atoms with Crippen LogP contribution in [0.4, 0.5) is 4.39 Å². The van der Waals surface area contributed by atoms with Crippen molar-refractivity contribution >= 4 is 10.0 Å². The molecule has 0 aliphatic carbocycles. The number of likely N-dealkylation sites (N-methyl/N-ethyl adjacent to an activating group) is 1. The highest BCUT2D eigenvalue weighted by molar-refractivity contribution is 7.89. The third-order valence-corrected chi connectivity index (χ3v) is 6.33. The maximum atomic E-state index is 13.4. The topological polar surface area (TPSA) is 40.6 Å². The highest BCUT2D eigenvalue weighted by Gasteiger charge is 2.33. The van der Waals surface area contributed by atoms with Crippen molar-refractivity contribution in [2.24, 2.45) is 0 Å². The van der Waals surface area contributed by atoms with E-state index in [-0.39, 0.29) is 10.9 Å². The van der Waals surface area contributed by atoms with Crippen molar-refractivity contribution in [3.05, 3.63) is 29.1 Å². The molecule has 1 aliphatic heterocycles. The molecule has 0 spiro atoms. The van der Waals surface area contributed by atoms with Crippen LogP contribution in [0.2, 0.25) is 0 Å². The van der Waals surface area contributed by atoms with Gasteiger partial charge in [0.25, 0.3) is 0 Å². The number of halogens is 1. The van der Waals surface area contributed by atoms with E-state index < -0.39 is 15.8 Å². The molecule has 0 N–H and O–H groups in total. The summed E-state index contributed by atoms with van der Waals surface area (Å²) in [6.07, 6.45) is 0. The van der Waals surface area contributed by atoms with Crippen LogP contribution in [0, 0.1) is 19.7 Å². The van der Waals surface area contributed by atoms with Crippen molar-refractivity contribution in [2.45, 2.75) is 38.6 Å². The van der Waals surface area contributed by atoms with Crippen LogP contribution < -0.4 is 0 Å². The quantitative estimate of drug-likeness (QED) is 0.858. The second kappa shape index (κ2) is 6.02.